The van der Waals surface area contributed by atoms with Crippen LogP contribution in [0.15, 0.2) is 18.2 Å². The highest BCUT2D eigenvalue weighted by Gasteiger charge is 2.14. The Balaban J connectivity index is 2.91. The topological polar surface area (TPSA) is 46.5 Å². The predicted octanol–water partition coefficient (Wildman–Crippen LogP) is 2.66. The van der Waals surface area contributed by atoms with Crippen LogP contribution in [-0.2, 0) is 11.2 Å². The van der Waals surface area contributed by atoms with Crippen molar-refractivity contribution in [3.63, 3.8) is 0 Å². The van der Waals surface area contributed by atoms with Gasteiger partial charge in [0.05, 0.1) is 12.5 Å². The first-order valence-corrected chi connectivity index (χ1v) is 5.49. The number of hydrogen-bond acceptors (Lipinski definition) is 2. The molecule has 0 aromatic heterocycles. The van der Waals surface area contributed by atoms with Crippen LogP contribution in [0.4, 0.5) is 0 Å². The highest BCUT2D eigenvalue weighted by atomic mass is 16.5. The molecule has 0 amide bonds. The van der Waals surface area contributed by atoms with Gasteiger partial charge in [0.2, 0.25) is 0 Å². The average Bonchev–Trinajstić information content (AvgIpc) is 2.22. The van der Waals surface area contributed by atoms with E-state index < -0.39 is 5.97 Å². The summed E-state index contributed by atoms with van der Waals surface area (Å²) in [4.78, 5) is 10.8. The van der Waals surface area contributed by atoms with Crippen LogP contribution in [0, 0.1) is 12.8 Å². The first-order chi connectivity index (χ1) is 7.54. The summed E-state index contributed by atoms with van der Waals surface area (Å²) in [7, 11) is 0. The fourth-order valence-electron chi connectivity index (χ4n) is 1.58. The molecular formula is C13H18O3. The molecule has 0 saturated carbocycles. The summed E-state index contributed by atoms with van der Waals surface area (Å²) < 4.78 is 5.48. The van der Waals surface area contributed by atoms with E-state index in [4.69, 9.17) is 9.84 Å². The predicted molar refractivity (Wildman–Crippen MR) is 62.9 cm³/mol. The molecule has 0 aliphatic heterocycles. The quantitative estimate of drug-likeness (QED) is 0.833. The standard InChI is InChI=1S/C13H18O3/c1-4-16-12-6-5-9(2)7-11(12)8-10(3)13(14)15/h5-7,10H,4,8H2,1-3H3,(H,14,15). The van der Waals surface area contributed by atoms with Gasteiger partial charge < -0.3 is 9.84 Å². The Morgan fingerprint density at radius 3 is 2.75 bits per heavy atom. The van der Waals surface area contributed by atoms with E-state index in [1.807, 2.05) is 32.0 Å². The Morgan fingerprint density at radius 1 is 1.50 bits per heavy atom. The molecule has 0 spiro atoms. The van der Waals surface area contributed by atoms with Crippen molar-refractivity contribution in [2.45, 2.75) is 27.2 Å². The Labute approximate surface area is 96.1 Å². The number of hydrogen-bond donors (Lipinski definition) is 1. The van der Waals surface area contributed by atoms with E-state index in [2.05, 4.69) is 0 Å². The third kappa shape index (κ3) is 3.26. The van der Waals surface area contributed by atoms with E-state index in [1.54, 1.807) is 6.92 Å². The summed E-state index contributed by atoms with van der Waals surface area (Å²) in [6, 6.07) is 5.87. The average molecular weight is 222 g/mol. The summed E-state index contributed by atoms with van der Waals surface area (Å²) in [6.45, 7) is 6.22. The molecule has 0 aliphatic rings. The molecule has 88 valence electrons. The van der Waals surface area contributed by atoms with Crippen LogP contribution < -0.4 is 4.74 Å². The Morgan fingerprint density at radius 2 is 2.19 bits per heavy atom. The molecule has 0 heterocycles. The van der Waals surface area contributed by atoms with Crippen LogP contribution in [0.5, 0.6) is 5.75 Å². The van der Waals surface area contributed by atoms with Gasteiger partial charge in [-0.2, -0.15) is 0 Å². The Bertz CT molecular complexity index is 371. The van der Waals surface area contributed by atoms with Gasteiger partial charge in [-0.1, -0.05) is 24.6 Å². The van der Waals surface area contributed by atoms with Gasteiger partial charge in [0, 0.05) is 0 Å². The van der Waals surface area contributed by atoms with Crippen molar-refractivity contribution in [3.8, 4) is 5.75 Å². The molecule has 3 nitrogen and oxygen atoms in total. The lowest BCUT2D eigenvalue weighted by Crippen LogP contribution is -2.13. The summed E-state index contributed by atoms with van der Waals surface area (Å²) in [6.07, 6.45) is 0.506. The number of carbonyl (C=O) groups is 1. The van der Waals surface area contributed by atoms with Crippen molar-refractivity contribution in [2.75, 3.05) is 6.61 Å². The molecule has 0 fully saturated rings. The molecule has 1 aromatic carbocycles. The SMILES string of the molecule is CCOc1ccc(C)cc1CC(C)C(=O)O. The smallest absolute Gasteiger partial charge is 0.306 e. The van der Waals surface area contributed by atoms with Gasteiger partial charge in [0.1, 0.15) is 5.75 Å². The van der Waals surface area contributed by atoms with E-state index in [9.17, 15) is 4.79 Å². The van der Waals surface area contributed by atoms with Crippen LogP contribution in [0.1, 0.15) is 25.0 Å². The van der Waals surface area contributed by atoms with E-state index in [0.29, 0.717) is 13.0 Å². The molecule has 1 rings (SSSR count). The highest BCUT2D eigenvalue weighted by molar-refractivity contribution is 5.70. The maximum atomic E-state index is 10.8. The summed E-state index contributed by atoms with van der Waals surface area (Å²) in [5, 5.41) is 8.89. The molecule has 0 radical (unpaired) electrons. The number of benzene rings is 1. The number of ether oxygens (including phenoxy) is 1. The van der Waals surface area contributed by atoms with Gasteiger partial charge >= 0.3 is 5.97 Å². The second-order valence-electron chi connectivity index (χ2n) is 3.99. The number of carboxylic acids is 1. The normalized spacial score (nSPS) is 12.2. The van der Waals surface area contributed by atoms with Crippen LogP contribution in [0.2, 0.25) is 0 Å². The van der Waals surface area contributed by atoms with Crippen molar-refractivity contribution in [1.82, 2.24) is 0 Å². The van der Waals surface area contributed by atoms with Crippen LogP contribution in [0.3, 0.4) is 0 Å². The van der Waals surface area contributed by atoms with Crippen molar-refractivity contribution >= 4 is 5.97 Å². The maximum Gasteiger partial charge on any atom is 0.306 e. The van der Waals surface area contributed by atoms with Crippen LogP contribution >= 0.6 is 0 Å². The first-order valence-electron chi connectivity index (χ1n) is 5.49. The largest absolute Gasteiger partial charge is 0.494 e. The molecule has 0 bridgehead atoms. The Hall–Kier alpha value is -1.51. The zero-order valence-electron chi connectivity index (χ0n) is 9.99. The van der Waals surface area contributed by atoms with Crippen molar-refractivity contribution in [2.24, 2.45) is 5.92 Å². The van der Waals surface area contributed by atoms with Gasteiger partial charge in [-0.3, -0.25) is 4.79 Å². The fourth-order valence-corrected chi connectivity index (χ4v) is 1.58. The second kappa shape index (κ2) is 5.54. The first kappa shape index (κ1) is 12.6. The third-order valence-electron chi connectivity index (χ3n) is 2.46. The lowest BCUT2D eigenvalue weighted by Gasteiger charge is -2.13. The number of rotatable bonds is 5. The van der Waals surface area contributed by atoms with Crippen LogP contribution in [0.25, 0.3) is 0 Å². The van der Waals surface area contributed by atoms with E-state index >= 15 is 0 Å². The zero-order chi connectivity index (χ0) is 12.1. The van der Waals surface area contributed by atoms with Gasteiger partial charge in [-0.15, -0.1) is 0 Å². The lowest BCUT2D eigenvalue weighted by molar-refractivity contribution is -0.141. The highest BCUT2D eigenvalue weighted by Crippen LogP contribution is 2.23. The molecule has 1 N–H and O–H groups in total. The van der Waals surface area contributed by atoms with Crippen molar-refractivity contribution < 1.29 is 14.6 Å². The van der Waals surface area contributed by atoms with E-state index in [-0.39, 0.29) is 5.92 Å². The summed E-state index contributed by atoms with van der Waals surface area (Å²) >= 11 is 0. The summed E-state index contributed by atoms with van der Waals surface area (Å²) in [5.41, 5.74) is 2.09. The van der Waals surface area contributed by atoms with Gasteiger partial charge in [-0.05, 0) is 31.9 Å². The Kier molecular flexibility index (Phi) is 4.35. The molecule has 0 saturated heterocycles. The van der Waals surface area contributed by atoms with Crippen LogP contribution in [-0.4, -0.2) is 17.7 Å². The molecule has 1 atom stereocenters. The number of aryl methyl sites for hydroxylation is 1. The number of aliphatic carboxylic acids is 1. The third-order valence-corrected chi connectivity index (χ3v) is 2.46. The molecule has 3 heteroatoms. The van der Waals surface area contributed by atoms with Gasteiger partial charge in [-0.25, -0.2) is 0 Å². The van der Waals surface area contributed by atoms with Crippen molar-refractivity contribution in [3.05, 3.63) is 29.3 Å². The van der Waals surface area contributed by atoms with Crippen molar-refractivity contribution in [1.29, 1.82) is 0 Å². The van der Waals surface area contributed by atoms with E-state index in [1.165, 1.54) is 0 Å². The molecule has 1 aromatic rings. The lowest BCUT2D eigenvalue weighted by atomic mass is 9.99. The minimum absolute atomic E-state index is 0.388. The van der Waals surface area contributed by atoms with E-state index in [0.717, 1.165) is 16.9 Å². The molecular weight excluding hydrogens is 204 g/mol. The second-order valence-corrected chi connectivity index (χ2v) is 3.99. The monoisotopic (exact) mass is 222 g/mol. The molecule has 1 unspecified atom stereocenters. The zero-order valence-corrected chi connectivity index (χ0v) is 9.99. The van der Waals surface area contributed by atoms with Gasteiger partial charge in [0.15, 0.2) is 0 Å². The fraction of sp³-hybridized carbons (Fsp3) is 0.462. The minimum atomic E-state index is -0.774. The summed E-state index contributed by atoms with van der Waals surface area (Å²) in [5.74, 6) is -0.369. The maximum absolute atomic E-state index is 10.8. The van der Waals surface area contributed by atoms with Gasteiger partial charge in [0.25, 0.3) is 0 Å². The molecule has 16 heavy (non-hydrogen) atoms. The molecule has 0 aliphatic carbocycles. The number of carboxylic acid groups (broad SMARTS) is 1. The minimum Gasteiger partial charge on any atom is -0.494 e.